The lowest BCUT2D eigenvalue weighted by Crippen LogP contribution is -2.30. The molecule has 0 aromatic carbocycles. The predicted molar refractivity (Wildman–Crippen MR) is 58.3 cm³/mol. The summed E-state index contributed by atoms with van der Waals surface area (Å²) < 4.78 is 9.44. The molecule has 1 rings (SSSR count). The van der Waals surface area contributed by atoms with Crippen LogP contribution >= 0.6 is 0 Å². The maximum Gasteiger partial charge on any atom is 0.513 e. The molecule has 0 amide bonds. The van der Waals surface area contributed by atoms with Gasteiger partial charge in [0.25, 0.3) is 0 Å². The van der Waals surface area contributed by atoms with Gasteiger partial charge in [0.1, 0.15) is 6.10 Å². The Morgan fingerprint density at radius 1 is 1.75 bits per heavy atom. The highest BCUT2D eigenvalue weighted by Crippen LogP contribution is 2.27. The van der Waals surface area contributed by atoms with Gasteiger partial charge in [-0.25, -0.2) is 4.79 Å². The van der Waals surface area contributed by atoms with Crippen LogP contribution in [0.5, 0.6) is 0 Å². The number of hydrogen-bond acceptors (Lipinski definition) is 4. The van der Waals surface area contributed by atoms with Crippen molar-refractivity contribution in [2.75, 3.05) is 0 Å². The van der Waals surface area contributed by atoms with E-state index in [0.717, 1.165) is 11.8 Å². The summed E-state index contributed by atoms with van der Waals surface area (Å²) in [6, 6.07) is 0. The number of ether oxygens (including phenoxy) is 2. The second-order valence-corrected chi connectivity index (χ2v) is 3.54. The quantitative estimate of drug-likeness (QED) is 0.439. The maximum absolute atomic E-state index is 11.1. The molecule has 2 atom stereocenters. The normalized spacial score (nSPS) is 24.6. The van der Waals surface area contributed by atoms with E-state index < -0.39 is 18.4 Å². The first-order valence-electron chi connectivity index (χ1n) is 4.91. The third-order valence-corrected chi connectivity index (χ3v) is 2.48. The van der Waals surface area contributed by atoms with Crippen LogP contribution in [0.15, 0.2) is 24.0 Å². The summed E-state index contributed by atoms with van der Waals surface area (Å²) in [7, 11) is 0. The predicted octanol–water partition coefficient (Wildman–Crippen LogP) is 1.76. The highest BCUT2D eigenvalue weighted by atomic mass is 16.7. The van der Waals surface area contributed by atoms with Gasteiger partial charge in [0.15, 0.2) is 0 Å². The van der Waals surface area contributed by atoms with Crippen molar-refractivity contribution in [1.82, 2.24) is 0 Å². The lowest BCUT2D eigenvalue weighted by atomic mass is 9.89. The van der Waals surface area contributed by atoms with Gasteiger partial charge >= 0.3 is 6.16 Å². The molecule has 16 heavy (non-hydrogen) atoms. The molecule has 0 aromatic heterocycles. The Morgan fingerprint density at radius 3 is 3.00 bits per heavy atom. The minimum absolute atomic E-state index is 0.337. The molecular formula is C12H14O4. The zero-order valence-corrected chi connectivity index (χ0v) is 9.10. The first-order valence-corrected chi connectivity index (χ1v) is 4.91. The summed E-state index contributed by atoms with van der Waals surface area (Å²) in [5.74, 6) is 2.49. The molecule has 0 fully saturated rings. The fourth-order valence-corrected chi connectivity index (χ4v) is 1.62. The maximum atomic E-state index is 11.1. The molecule has 0 radical (unpaired) electrons. The zero-order valence-electron chi connectivity index (χ0n) is 9.10. The molecule has 86 valence electrons. The smallest absolute Gasteiger partial charge is 0.426 e. The Hall–Kier alpha value is -1.73. The third kappa shape index (κ3) is 2.88. The molecular weight excluding hydrogens is 208 g/mol. The number of rotatable bonds is 2. The summed E-state index contributed by atoms with van der Waals surface area (Å²) in [5, 5.41) is 9.56. The average molecular weight is 222 g/mol. The van der Waals surface area contributed by atoms with Gasteiger partial charge in [0, 0.05) is 18.4 Å². The van der Waals surface area contributed by atoms with Gasteiger partial charge in [-0.2, -0.15) is 0 Å². The summed E-state index contributed by atoms with van der Waals surface area (Å²) in [6.45, 7) is 5.03. The molecule has 4 heteroatoms. The van der Waals surface area contributed by atoms with Crippen molar-refractivity contribution in [1.29, 1.82) is 0 Å². The largest absolute Gasteiger partial charge is 0.513 e. The summed E-state index contributed by atoms with van der Waals surface area (Å²) in [6.07, 6.45) is 5.10. The molecule has 0 unspecified atom stereocenters. The van der Waals surface area contributed by atoms with E-state index >= 15 is 0 Å². The fourth-order valence-electron chi connectivity index (χ4n) is 1.62. The molecule has 0 saturated carbocycles. The Morgan fingerprint density at radius 2 is 2.44 bits per heavy atom. The first kappa shape index (κ1) is 12.3. The molecule has 0 heterocycles. The van der Waals surface area contributed by atoms with E-state index in [1.54, 1.807) is 6.92 Å². The Labute approximate surface area is 94.6 Å². The van der Waals surface area contributed by atoms with Crippen LogP contribution in [0.25, 0.3) is 0 Å². The average Bonchev–Trinajstić information content (AvgIpc) is 2.23. The minimum atomic E-state index is -0.843. The van der Waals surface area contributed by atoms with Gasteiger partial charge in [-0.05, 0) is 12.5 Å². The first-order chi connectivity index (χ1) is 7.58. The summed E-state index contributed by atoms with van der Waals surface area (Å²) in [5.41, 5.74) is 1.46. The number of aliphatic hydroxyl groups excluding tert-OH is 1. The number of aliphatic hydroxyl groups is 1. The standard InChI is InChI=1S/C12H14O4/c1-4-9-6-10(13)7-11(8(9)3)16-12(14)15-5-2/h1,5,10-11,13H,2,6-7H2,3H3/t10-,11+/m1/s1. The van der Waals surface area contributed by atoms with E-state index in [-0.39, 0.29) is 0 Å². The molecule has 1 aliphatic rings. The molecule has 1 N–H and O–H groups in total. The van der Waals surface area contributed by atoms with Crippen molar-refractivity contribution in [3.8, 4) is 12.3 Å². The fraction of sp³-hybridized carbons (Fsp3) is 0.417. The van der Waals surface area contributed by atoms with E-state index in [2.05, 4.69) is 17.2 Å². The van der Waals surface area contributed by atoms with Crippen molar-refractivity contribution < 1.29 is 19.4 Å². The molecule has 0 saturated heterocycles. The number of carbonyl (C=O) groups excluding carboxylic acids is 1. The van der Waals surface area contributed by atoms with Crippen LogP contribution in [0.4, 0.5) is 4.79 Å². The van der Waals surface area contributed by atoms with Gasteiger partial charge < -0.3 is 14.6 Å². The van der Waals surface area contributed by atoms with E-state index in [4.69, 9.17) is 11.2 Å². The van der Waals surface area contributed by atoms with E-state index in [9.17, 15) is 9.90 Å². The van der Waals surface area contributed by atoms with Crippen LogP contribution < -0.4 is 0 Å². The second kappa shape index (κ2) is 5.38. The van der Waals surface area contributed by atoms with E-state index in [0.29, 0.717) is 18.4 Å². The molecule has 0 aromatic rings. The van der Waals surface area contributed by atoms with Crippen LogP contribution in [-0.4, -0.2) is 23.5 Å². The van der Waals surface area contributed by atoms with Crippen LogP contribution in [0, 0.1) is 12.3 Å². The van der Waals surface area contributed by atoms with Gasteiger partial charge in [-0.15, -0.1) is 6.42 Å². The lowest BCUT2D eigenvalue weighted by Gasteiger charge is -2.27. The number of hydrogen-bond donors (Lipinski definition) is 1. The topological polar surface area (TPSA) is 55.8 Å². The zero-order chi connectivity index (χ0) is 12.1. The summed E-state index contributed by atoms with van der Waals surface area (Å²) >= 11 is 0. The van der Waals surface area contributed by atoms with Crippen LogP contribution in [0.1, 0.15) is 19.8 Å². The van der Waals surface area contributed by atoms with Crippen molar-refractivity contribution in [2.24, 2.45) is 0 Å². The van der Waals surface area contributed by atoms with Gasteiger partial charge in [0.05, 0.1) is 12.4 Å². The van der Waals surface area contributed by atoms with Crippen molar-refractivity contribution in [3.05, 3.63) is 24.0 Å². The van der Waals surface area contributed by atoms with Crippen molar-refractivity contribution >= 4 is 6.16 Å². The Bertz CT molecular complexity index is 362. The summed E-state index contributed by atoms with van der Waals surface area (Å²) in [4.78, 5) is 11.1. The van der Waals surface area contributed by atoms with Crippen molar-refractivity contribution in [3.63, 3.8) is 0 Å². The van der Waals surface area contributed by atoms with E-state index in [1.807, 2.05) is 0 Å². The molecule has 0 bridgehead atoms. The third-order valence-electron chi connectivity index (χ3n) is 2.48. The molecule has 0 aliphatic heterocycles. The van der Waals surface area contributed by atoms with Gasteiger partial charge in [0.2, 0.25) is 0 Å². The van der Waals surface area contributed by atoms with Crippen LogP contribution in [-0.2, 0) is 9.47 Å². The number of terminal acetylenes is 1. The Kier molecular flexibility index (Phi) is 4.15. The monoisotopic (exact) mass is 222 g/mol. The number of carbonyl (C=O) groups is 1. The molecule has 1 aliphatic carbocycles. The SMILES string of the molecule is C#CC1=C(C)[C@@H](OC(=O)OC=C)C[C@H](O)C1. The highest BCUT2D eigenvalue weighted by molar-refractivity contribution is 5.61. The minimum Gasteiger partial charge on any atom is -0.426 e. The van der Waals surface area contributed by atoms with Crippen molar-refractivity contribution in [2.45, 2.75) is 32.0 Å². The molecule has 4 nitrogen and oxygen atoms in total. The second-order valence-electron chi connectivity index (χ2n) is 3.54. The van der Waals surface area contributed by atoms with Crippen LogP contribution in [0.2, 0.25) is 0 Å². The highest BCUT2D eigenvalue weighted by Gasteiger charge is 2.28. The lowest BCUT2D eigenvalue weighted by molar-refractivity contribution is 0.0299. The van der Waals surface area contributed by atoms with E-state index in [1.165, 1.54) is 0 Å². The van der Waals surface area contributed by atoms with Crippen LogP contribution in [0.3, 0.4) is 0 Å². The molecule has 0 spiro atoms. The van der Waals surface area contributed by atoms with Gasteiger partial charge in [-0.1, -0.05) is 12.5 Å². The van der Waals surface area contributed by atoms with Gasteiger partial charge in [-0.3, -0.25) is 0 Å². The Balaban J connectivity index is 2.76.